The molecule has 2 rings (SSSR count). The lowest BCUT2D eigenvalue weighted by atomic mass is 10.0. The van der Waals surface area contributed by atoms with Gasteiger partial charge < -0.3 is 15.7 Å². The Balaban J connectivity index is 2.04. The molecule has 2 saturated heterocycles. The molecule has 0 bridgehead atoms. The molecule has 0 aromatic rings. The number of hydrogen-bond donors (Lipinski definition) is 3. The Bertz CT molecular complexity index is 224. The van der Waals surface area contributed by atoms with E-state index in [1.807, 2.05) is 6.92 Å². The van der Waals surface area contributed by atoms with E-state index in [-0.39, 0.29) is 29.5 Å². The van der Waals surface area contributed by atoms with E-state index in [9.17, 15) is 9.90 Å². The molecule has 2 aliphatic rings. The molecule has 3 N–H and O–H groups in total. The molecule has 2 amide bonds. The molecule has 4 nitrogen and oxygen atoms in total. The van der Waals surface area contributed by atoms with Crippen molar-refractivity contribution in [3.05, 3.63) is 0 Å². The quantitative estimate of drug-likeness (QED) is 0.549. The lowest BCUT2D eigenvalue weighted by molar-refractivity contribution is 0.156. The van der Waals surface area contributed by atoms with Crippen molar-refractivity contribution in [3.8, 4) is 0 Å². The van der Waals surface area contributed by atoms with Gasteiger partial charge in [0.05, 0.1) is 23.4 Å². The number of hydrogen-bond acceptors (Lipinski definition) is 3. The van der Waals surface area contributed by atoms with Gasteiger partial charge in [0.25, 0.3) is 0 Å². The normalized spacial score (nSPS) is 39.5. The molecule has 2 aliphatic heterocycles. The van der Waals surface area contributed by atoms with Gasteiger partial charge in [0.1, 0.15) is 0 Å². The fourth-order valence-electron chi connectivity index (χ4n) is 1.91. The number of amides is 2. The zero-order valence-corrected chi connectivity index (χ0v) is 8.30. The Morgan fingerprint density at radius 2 is 2.46 bits per heavy atom. The predicted octanol–water partition coefficient (Wildman–Crippen LogP) is -0.0773. The van der Waals surface area contributed by atoms with Crippen LogP contribution in [0.1, 0.15) is 13.3 Å². The molecule has 74 valence electrons. The van der Waals surface area contributed by atoms with E-state index < -0.39 is 0 Å². The van der Waals surface area contributed by atoms with Gasteiger partial charge >= 0.3 is 6.03 Å². The molecular formula is C8H14N2O2S. The molecule has 13 heavy (non-hydrogen) atoms. The average Bonchev–Trinajstić information content (AvgIpc) is 2.61. The summed E-state index contributed by atoms with van der Waals surface area (Å²) in [7, 11) is 0. The second-order valence-corrected chi connectivity index (χ2v) is 4.73. The molecule has 0 spiro atoms. The third-order valence-corrected chi connectivity index (χ3v) is 4.21. The zero-order chi connectivity index (χ0) is 9.42. The van der Waals surface area contributed by atoms with Gasteiger partial charge in [0.2, 0.25) is 0 Å². The van der Waals surface area contributed by atoms with Crippen molar-refractivity contribution in [1.82, 2.24) is 10.6 Å². The van der Waals surface area contributed by atoms with E-state index in [0.717, 1.165) is 12.2 Å². The first-order chi connectivity index (χ1) is 6.22. The van der Waals surface area contributed by atoms with Crippen LogP contribution >= 0.6 is 11.8 Å². The topological polar surface area (TPSA) is 61.4 Å². The Labute approximate surface area is 81.5 Å². The maximum atomic E-state index is 11.0. The summed E-state index contributed by atoms with van der Waals surface area (Å²) in [5.41, 5.74) is 0. The van der Waals surface area contributed by atoms with Gasteiger partial charge in [0.15, 0.2) is 0 Å². The van der Waals surface area contributed by atoms with Crippen LogP contribution in [0, 0.1) is 0 Å². The SMILES string of the molecule is CC[C@H](O)C1SCC2NC(=O)NC21. The van der Waals surface area contributed by atoms with E-state index >= 15 is 0 Å². The summed E-state index contributed by atoms with van der Waals surface area (Å²) in [6, 6.07) is 0.236. The standard InChI is InChI=1S/C8H14N2O2S/c1-2-5(11)7-6-4(3-13-7)9-8(12)10-6/h4-7,11H,2-3H2,1H3,(H2,9,10,12)/t4?,5-,6?,7?/m0/s1. The Kier molecular flexibility index (Phi) is 2.38. The minimum absolute atomic E-state index is 0.0939. The van der Waals surface area contributed by atoms with Gasteiger partial charge in [-0.1, -0.05) is 6.92 Å². The van der Waals surface area contributed by atoms with Crippen molar-refractivity contribution in [2.24, 2.45) is 0 Å². The fraction of sp³-hybridized carbons (Fsp3) is 0.875. The van der Waals surface area contributed by atoms with Crippen molar-refractivity contribution in [2.75, 3.05) is 5.75 Å². The van der Waals surface area contributed by atoms with Crippen molar-refractivity contribution in [1.29, 1.82) is 0 Å². The van der Waals surface area contributed by atoms with Gasteiger partial charge in [0, 0.05) is 5.75 Å². The average molecular weight is 202 g/mol. The molecule has 0 saturated carbocycles. The van der Waals surface area contributed by atoms with Crippen LogP contribution in [-0.4, -0.2) is 40.3 Å². The number of fused-ring (bicyclic) bond motifs is 1. The van der Waals surface area contributed by atoms with Crippen LogP contribution in [0.3, 0.4) is 0 Å². The fourth-order valence-corrected chi connectivity index (χ4v) is 3.51. The maximum Gasteiger partial charge on any atom is 0.315 e. The largest absolute Gasteiger partial charge is 0.392 e. The van der Waals surface area contributed by atoms with Crippen molar-refractivity contribution >= 4 is 17.8 Å². The Morgan fingerprint density at radius 1 is 1.69 bits per heavy atom. The third-order valence-electron chi connectivity index (χ3n) is 2.67. The van der Waals surface area contributed by atoms with Gasteiger partial charge in [-0.3, -0.25) is 0 Å². The highest BCUT2D eigenvalue weighted by Gasteiger charge is 2.45. The summed E-state index contributed by atoms with van der Waals surface area (Å²) >= 11 is 1.74. The number of rotatable bonds is 2. The van der Waals surface area contributed by atoms with Crippen LogP contribution in [-0.2, 0) is 0 Å². The first-order valence-electron chi connectivity index (χ1n) is 4.59. The molecule has 0 aliphatic carbocycles. The second-order valence-electron chi connectivity index (χ2n) is 3.52. The molecule has 0 radical (unpaired) electrons. The van der Waals surface area contributed by atoms with Crippen LogP contribution in [0.4, 0.5) is 4.79 Å². The number of carbonyl (C=O) groups excluding carboxylic acids is 1. The van der Waals surface area contributed by atoms with Gasteiger partial charge in [-0.2, -0.15) is 11.8 Å². The molecule has 5 heteroatoms. The van der Waals surface area contributed by atoms with Crippen LogP contribution in [0.15, 0.2) is 0 Å². The predicted molar refractivity (Wildman–Crippen MR) is 51.8 cm³/mol. The molecular weight excluding hydrogens is 188 g/mol. The highest BCUT2D eigenvalue weighted by atomic mass is 32.2. The van der Waals surface area contributed by atoms with E-state index in [4.69, 9.17) is 0 Å². The van der Waals surface area contributed by atoms with Crippen molar-refractivity contribution < 1.29 is 9.90 Å². The van der Waals surface area contributed by atoms with Crippen LogP contribution in [0.25, 0.3) is 0 Å². The minimum Gasteiger partial charge on any atom is -0.392 e. The Morgan fingerprint density at radius 3 is 3.15 bits per heavy atom. The summed E-state index contributed by atoms with van der Waals surface area (Å²) in [5.74, 6) is 0.908. The first kappa shape index (κ1) is 9.15. The van der Waals surface area contributed by atoms with E-state index in [2.05, 4.69) is 10.6 Å². The summed E-state index contributed by atoms with van der Waals surface area (Å²) in [4.78, 5) is 11.0. The van der Waals surface area contributed by atoms with Gasteiger partial charge in [-0.25, -0.2) is 4.79 Å². The smallest absolute Gasteiger partial charge is 0.315 e. The number of urea groups is 1. The number of aliphatic hydroxyl groups is 1. The molecule has 0 aromatic heterocycles. The summed E-state index contributed by atoms with van der Waals surface area (Å²) in [6.45, 7) is 1.96. The number of aliphatic hydroxyl groups excluding tert-OH is 1. The van der Waals surface area contributed by atoms with E-state index in [0.29, 0.717) is 0 Å². The molecule has 3 unspecified atom stereocenters. The first-order valence-corrected chi connectivity index (χ1v) is 5.64. The van der Waals surface area contributed by atoms with Crippen molar-refractivity contribution in [3.63, 3.8) is 0 Å². The van der Waals surface area contributed by atoms with Crippen molar-refractivity contribution in [2.45, 2.75) is 36.8 Å². The van der Waals surface area contributed by atoms with Crippen LogP contribution < -0.4 is 10.6 Å². The van der Waals surface area contributed by atoms with Gasteiger partial charge in [-0.05, 0) is 6.42 Å². The van der Waals surface area contributed by atoms with Gasteiger partial charge in [-0.15, -0.1) is 0 Å². The maximum absolute atomic E-state index is 11.0. The zero-order valence-electron chi connectivity index (χ0n) is 7.49. The molecule has 2 heterocycles. The lowest BCUT2D eigenvalue weighted by Gasteiger charge is -2.21. The highest BCUT2D eigenvalue weighted by molar-refractivity contribution is 8.00. The minimum atomic E-state index is -0.305. The summed E-state index contributed by atoms with van der Waals surface area (Å²) in [6.07, 6.45) is 0.441. The van der Waals surface area contributed by atoms with E-state index in [1.165, 1.54) is 0 Å². The molecule has 4 atom stereocenters. The summed E-state index contributed by atoms with van der Waals surface area (Å²) in [5, 5.41) is 15.5. The highest BCUT2D eigenvalue weighted by Crippen LogP contribution is 2.32. The molecule has 0 aromatic carbocycles. The summed E-state index contributed by atoms with van der Waals surface area (Å²) < 4.78 is 0. The number of thioether (sulfide) groups is 1. The van der Waals surface area contributed by atoms with Crippen LogP contribution in [0.2, 0.25) is 0 Å². The Hall–Kier alpha value is -0.420. The van der Waals surface area contributed by atoms with E-state index in [1.54, 1.807) is 11.8 Å². The monoisotopic (exact) mass is 202 g/mol. The number of nitrogens with one attached hydrogen (secondary N) is 2. The third kappa shape index (κ3) is 1.50. The second kappa shape index (κ2) is 3.38. The van der Waals surface area contributed by atoms with Crippen LogP contribution in [0.5, 0.6) is 0 Å². The lowest BCUT2D eigenvalue weighted by Crippen LogP contribution is -2.42. The molecule has 2 fully saturated rings. The number of carbonyl (C=O) groups is 1.